The van der Waals surface area contributed by atoms with Gasteiger partial charge in [-0.1, -0.05) is 17.7 Å². The van der Waals surface area contributed by atoms with E-state index in [-0.39, 0.29) is 10.9 Å². The third kappa shape index (κ3) is 2.29. The van der Waals surface area contributed by atoms with E-state index in [2.05, 4.69) is 4.57 Å². The third-order valence-electron chi connectivity index (χ3n) is 5.35. The Balaban J connectivity index is 1.73. The van der Waals surface area contributed by atoms with Crippen LogP contribution in [0.15, 0.2) is 18.2 Å². The second-order valence-corrected chi connectivity index (χ2v) is 7.37. The van der Waals surface area contributed by atoms with Crippen molar-refractivity contribution in [3.63, 3.8) is 0 Å². The van der Waals surface area contributed by atoms with Crippen molar-refractivity contribution < 1.29 is 13.9 Å². The molecular weight excluding hydrogens is 343 g/mol. The molecule has 1 aliphatic carbocycles. The fraction of sp³-hybridized carbons (Fsp3) is 0.421. The van der Waals surface area contributed by atoms with E-state index in [1.807, 2.05) is 4.90 Å². The van der Waals surface area contributed by atoms with Crippen molar-refractivity contribution in [2.24, 2.45) is 0 Å². The maximum absolute atomic E-state index is 14.1. The quantitative estimate of drug-likeness (QED) is 0.814. The number of ether oxygens (including phenoxy) is 1. The van der Waals surface area contributed by atoms with Crippen LogP contribution >= 0.6 is 11.6 Å². The van der Waals surface area contributed by atoms with Gasteiger partial charge in [0.05, 0.1) is 22.9 Å². The van der Waals surface area contributed by atoms with Gasteiger partial charge in [-0.15, -0.1) is 0 Å². The largest absolute Gasteiger partial charge is 0.491 e. The summed E-state index contributed by atoms with van der Waals surface area (Å²) in [6, 6.07) is 5.07. The first-order valence-corrected chi connectivity index (χ1v) is 9.17. The van der Waals surface area contributed by atoms with E-state index >= 15 is 0 Å². The summed E-state index contributed by atoms with van der Waals surface area (Å²) in [7, 11) is 0. The lowest BCUT2D eigenvalue weighted by molar-refractivity contribution is 0.0690. The van der Waals surface area contributed by atoms with Gasteiger partial charge in [0.1, 0.15) is 17.3 Å². The van der Waals surface area contributed by atoms with E-state index in [1.165, 1.54) is 12.1 Å². The monoisotopic (exact) mass is 360 g/mol. The summed E-state index contributed by atoms with van der Waals surface area (Å²) in [6.45, 7) is 2.14. The van der Waals surface area contributed by atoms with E-state index in [9.17, 15) is 9.18 Å². The molecule has 0 radical (unpaired) electrons. The van der Waals surface area contributed by atoms with Crippen molar-refractivity contribution >= 4 is 17.5 Å². The number of rotatable bonds is 2. The number of carbonyl (C=O) groups is 1. The molecule has 25 heavy (non-hydrogen) atoms. The average molecular weight is 361 g/mol. The Morgan fingerprint density at radius 3 is 2.84 bits per heavy atom. The van der Waals surface area contributed by atoms with Crippen molar-refractivity contribution in [1.82, 2.24) is 9.47 Å². The van der Waals surface area contributed by atoms with E-state index < -0.39 is 5.82 Å². The maximum atomic E-state index is 14.1. The van der Waals surface area contributed by atoms with Crippen LogP contribution in [-0.2, 0) is 13.0 Å². The Morgan fingerprint density at radius 2 is 2.08 bits per heavy atom. The number of hydrogen-bond donors (Lipinski definition) is 0. The summed E-state index contributed by atoms with van der Waals surface area (Å²) >= 11 is 5.84. The number of carbonyl (C=O) groups excluding carboxylic acids is 1. The summed E-state index contributed by atoms with van der Waals surface area (Å²) in [6.07, 6.45) is 3.97. The molecule has 6 heteroatoms. The van der Waals surface area contributed by atoms with Gasteiger partial charge in [-0.2, -0.15) is 0 Å². The van der Waals surface area contributed by atoms with Gasteiger partial charge in [0.2, 0.25) is 0 Å². The maximum Gasteiger partial charge on any atom is 0.271 e. The van der Waals surface area contributed by atoms with Crippen LogP contribution in [0.3, 0.4) is 0 Å². The first-order valence-electron chi connectivity index (χ1n) is 8.79. The first-order chi connectivity index (χ1) is 12.1. The first kappa shape index (κ1) is 15.3. The molecular formula is C19H18ClFN2O2. The van der Waals surface area contributed by atoms with E-state index in [1.54, 1.807) is 6.07 Å². The van der Waals surface area contributed by atoms with E-state index in [0.29, 0.717) is 23.9 Å². The van der Waals surface area contributed by atoms with Crippen LogP contribution < -0.4 is 4.74 Å². The van der Waals surface area contributed by atoms with Crippen LogP contribution in [0, 0.1) is 5.82 Å². The van der Waals surface area contributed by atoms with Crippen LogP contribution in [0.5, 0.6) is 5.75 Å². The highest BCUT2D eigenvalue weighted by Crippen LogP contribution is 2.45. The minimum absolute atomic E-state index is 0.0390. The molecule has 0 spiro atoms. The SMILES string of the molecule is O=C1c2c(-c3ccc(Cl)c(F)c3)c3c(n2CCN1C1CC1)CCCO3. The van der Waals surface area contributed by atoms with Gasteiger partial charge >= 0.3 is 0 Å². The lowest BCUT2D eigenvalue weighted by Gasteiger charge is -2.30. The van der Waals surface area contributed by atoms with Crippen LogP contribution in [-0.4, -0.2) is 34.6 Å². The normalized spacial score (nSPS) is 19.4. The molecule has 1 aromatic heterocycles. The highest BCUT2D eigenvalue weighted by molar-refractivity contribution is 6.30. The lowest BCUT2D eigenvalue weighted by Crippen LogP contribution is -2.42. The number of halogens is 2. The molecule has 0 N–H and O–H groups in total. The molecule has 130 valence electrons. The van der Waals surface area contributed by atoms with E-state index in [4.69, 9.17) is 16.3 Å². The minimum atomic E-state index is -0.481. The predicted molar refractivity (Wildman–Crippen MR) is 92.7 cm³/mol. The predicted octanol–water partition coefficient (Wildman–Crippen LogP) is 3.89. The second kappa shape index (κ2) is 5.49. The highest BCUT2D eigenvalue weighted by atomic mass is 35.5. The molecule has 0 unspecified atom stereocenters. The fourth-order valence-electron chi connectivity index (χ4n) is 4.03. The Hall–Kier alpha value is -2.01. The van der Waals surface area contributed by atoms with Crippen LogP contribution in [0.1, 0.15) is 35.4 Å². The molecule has 3 aliphatic rings. The van der Waals surface area contributed by atoms with Gasteiger partial charge in [0.15, 0.2) is 0 Å². The molecule has 2 aromatic rings. The molecule has 1 amide bonds. The zero-order chi connectivity index (χ0) is 17.1. The van der Waals surface area contributed by atoms with Crippen LogP contribution in [0.2, 0.25) is 5.02 Å². The molecule has 2 aliphatic heterocycles. The molecule has 1 aromatic carbocycles. The fourth-order valence-corrected chi connectivity index (χ4v) is 4.15. The Morgan fingerprint density at radius 1 is 1.24 bits per heavy atom. The van der Waals surface area contributed by atoms with Gasteiger partial charge in [0, 0.05) is 19.1 Å². The van der Waals surface area contributed by atoms with Crippen molar-refractivity contribution in [2.75, 3.05) is 13.2 Å². The van der Waals surface area contributed by atoms with Crippen LogP contribution in [0.4, 0.5) is 4.39 Å². The molecule has 1 fully saturated rings. The summed E-state index contributed by atoms with van der Waals surface area (Å²) in [5.41, 5.74) is 3.09. The minimum Gasteiger partial charge on any atom is -0.491 e. The van der Waals surface area contributed by atoms with Crippen molar-refractivity contribution in [2.45, 2.75) is 38.3 Å². The van der Waals surface area contributed by atoms with Crippen molar-refractivity contribution in [1.29, 1.82) is 0 Å². The molecule has 0 atom stereocenters. The standard InChI is InChI=1S/C19H18ClFN2O2/c20-13-6-3-11(10-14(13)21)16-17-19(24)22(12-4-5-12)7-8-23(17)15-2-1-9-25-18(15)16/h3,6,10,12H,1-2,4-5,7-9H2. The number of aromatic nitrogens is 1. The number of amides is 1. The number of benzene rings is 1. The molecule has 3 heterocycles. The van der Waals surface area contributed by atoms with Gasteiger partial charge in [-0.3, -0.25) is 4.79 Å². The number of hydrogen-bond acceptors (Lipinski definition) is 2. The zero-order valence-electron chi connectivity index (χ0n) is 13.7. The Bertz CT molecular complexity index is 888. The van der Waals surface area contributed by atoms with Gasteiger partial charge in [-0.25, -0.2) is 4.39 Å². The number of fused-ring (bicyclic) bond motifs is 3. The van der Waals surface area contributed by atoms with E-state index in [0.717, 1.165) is 55.8 Å². The van der Waals surface area contributed by atoms with Crippen molar-refractivity contribution in [3.8, 4) is 16.9 Å². The Kier molecular flexibility index (Phi) is 3.35. The van der Waals surface area contributed by atoms with Gasteiger partial charge in [-0.05, 0) is 43.4 Å². The van der Waals surface area contributed by atoms with Gasteiger partial charge < -0.3 is 14.2 Å². The summed E-state index contributed by atoms with van der Waals surface area (Å²) < 4.78 is 22.1. The zero-order valence-corrected chi connectivity index (χ0v) is 14.5. The lowest BCUT2D eigenvalue weighted by atomic mass is 10.0. The topological polar surface area (TPSA) is 34.5 Å². The summed E-state index contributed by atoms with van der Waals surface area (Å²) in [4.78, 5) is 15.2. The third-order valence-corrected chi connectivity index (χ3v) is 5.66. The van der Waals surface area contributed by atoms with Gasteiger partial charge in [0.25, 0.3) is 5.91 Å². The molecule has 5 rings (SSSR count). The Labute approximate surface area is 150 Å². The molecule has 0 bridgehead atoms. The molecule has 0 saturated heterocycles. The highest BCUT2D eigenvalue weighted by Gasteiger charge is 2.41. The van der Waals surface area contributed by atoms with Crippen LogP contribution in [0.25, 0.3) is 11.1 Å². The summed E-state index contributed by atoms with van der Waals surface area (Å²) in [5, 5.41) is 0.0811. The second-order valence-electron chi connectivity index (χ2n) is 6.96. The van der Waals surface area contributed by atoms with Crippen molar-refractivity contribution in [3.05, 3.63) is 40.4 Å². The average Bonchev–Trinajstić information content (AvgIpc) is 3.40. The molecule has 1 saturated carbocycles. The number of nitrogens with zero attached hydrogens (tertiary/aromatic N) is 2. The smallest absolute Gasteiger partial charge is 0.271 e. The molecule has 4 nitrogen and oxygen atoms in total. The summed E-state index contributed by atoms with van der Waals surface area (Å²) in [5.74, 6) is 0.303.